The maximum absolute atomic E-state index is 12.5. The number of rotatable bonds is 2. The van der Waals surface area contributed by atoms with Crippen molar-refractivity contribution in [3.05, 3.63) is 64.7 Å². The summed E-state index contributed by atoms with van der Waals surface area (Å²) in [6, 6.07) is 16.7. The third kappa shape index (κ3) is 3.46. The van der Waals surface area contributed by atoms with E-state index in [1.807, 2.05) is 29.2 Å². The van der Waals surface area contributed by atoms with Crippen LogP contribution in [0.4, 0.5) is 5.69 Å². The first kappa shape index (κ1) is 15.4. The van der Waals surface area contributed by atoms with Gasteiger partial charge < -0.3 is 9.80 Å². The van der Waals surface area contributed by atoms with Gasteiger partial charge in [-0.05, 0) is 42.5 Å². The highest BCUT2D eigenvalue weighted by molar-refractivity contribution is 6.30. The summed E-state index contributed by atoms with van der Waals surface area (Å²) in [7, 11) is 0. The van der Waals surface area contributed by atoms with Crippen molar-refractivity contribution in [3.8, 4) is 6.07 Å². The van der Waals surface area contributed by atoms with E-state index in [-0.39, 0.29) is 5.91 Å². The lowest BCUT2D eigenvalue weighted by atomic mass is 10.1. The van der Waals surface area contributed by atoms with Crippen LogP contribution >= 0.6 is 11.6 Å². The van der Waals surface area contributed by atoms with Crippen molar-refractivity contribution >= 4 is 23.2 Å². The van der Waals surface area contributed by atoms with Gasteiger partial charge in [-0.3, -0.25) is 4.79 Å². The molecule has 0 aliphatic carbocycles. The van der Waals surface area contributed by atoms with Gasteiger partial charge in [0.2, 0.25) is 0 Å². The fourth-order valence-corrected chi connectivity index (χ4v) is 2.85. The average Bonchev–Trinajstić information content (AvgIpc) is 2.62. The molecule has 1 aliphatic heterocycles. The second-order valence-corrected chi connectivity index (χ2v) is 5.88. The number of nitriles is 1. The predicted octanol–water partition coefficient (Wildman–Crippen LogP) is 3.17. The maximum atomic E-state index is 12.5. The van der Waals surface area contributed by atoms with Gasteiger partial charge in [-0.1, -0.05) is 17.7 Å². The van der Waals surface area contributed by atoms with Gasteiger partial charge in [-0.2, -0.15) is 5.26 Å². The summed E-state index contributed by atoms with van der Waals surface area (Å²) in [5.74, 6) is -0.0159. The molecule has 1 aliphatic rings. The normalized spacial score (nSPS) is 14.4. The van der Waals surface area contributed by atoms with E-state index < -0.39 is 0 Å². The Bertz CT molecular complexity index is 744. The first-order chi connectivity index (χ1) is 11.2. The van der Waals surface area contributed by atoms with Crippen molar-refractivity contribution in [2.45, 2.75) is 0 Å². The highest BCUT2D eigenvalue weighted by Gasteiger charge is 2.22. The summed E-state index contributed by atoms with van der Waals surface area (Å²) in [4.78, 5) is 16.6. The van der Waals surface area contributed by atoms with E-state index in [0.717, 1.165) is 23.8 Å². The third-order valence-corrected chi connectivity index (χ3v) is 4.25. The molecule has 0 spiro atoms. The lowest BCUT2D eigenvalue weighted by Gasteiger charge is -2.36. The molecule has 1 amide bonds. The van der Waals surface area contributed by atoms with Crippen molar-refractivity contribution in [2.24, 2.45) is 0 Å². The molecule has 0 saturated carbocycles. The van der Waals surface area contributed by atoms with Crippen LogP contribution in [0.5, 0.6) is 0 Å². The molecule has 0 aromatic heterocycles. The Balaban J connectivity index is 1.65. The van der Waals surface area contributed by atoms with E-state index in [0.29, 0.717) is 24.2 Å². The lowest BCUT2D eigenvalue weighted by Crippen LogP contribution is -2.48. The lowest BCUT2D eigenvalue weighted by molar-refractivity contribution is 0.0747. The summed E-state index contributed by atoms with van der Waals surface area (Å²) in [6.45, 7) is 2.90. The fraction of sp³-hybridized carbons (Fsp3) is 0.222. The molecule has 23 heavy (non-hydrogen) atoms. The molecular formula is C18H16ClN3O. The van der Waals surface area contributed by atoms with Crippen LogP contribution in [-0.4, -0.2) is 37.0 Å². The Morgan fingerprint density at radius 3 is 2.39 bits per heavy atom. The number of nitrogens with zero attached hydrogens (tertiary/aromatic N) is 3. The fourth-order valence-electron chi connectivity index (χ4n) is 2.72. The summed E-state index contributed by atoms with van der Waals surface area (Å²) in [5.41, 5.74) is 2.20. The molecule has 0 bridgehead atoms. The smallest absolute Gasteiger partial charge is 0.254 e. The molecule has 116 valence electrons. The van der Waals surface area contributed by atoms with E-state index in [9.17, 15) is 4.79 Å². The van der Waals surface area contributed by atoms with Crippen LogP contribution in [0.1, 0.15) is 15.9 Å². The second kappa shape index (κ2) is 6.72. The van der Waals surface area contributed by atoms with Crippen LogP contribution in [-0.2, 0) is 0 Å². The van der Waals surface area contributed by atoms with Crippen molar-refractivity contribution in [1.82, 2.24) is 4.90 Å². The monoisotopic (exact) mass is 325 g/mol. The highest BCUT2D eigenvalue weighted by atomic mass is 35.5. The summed E-state index contributed by atoms with van der Waals surface area (Å²) < 4.78 is 0. The summed E-state index contributed by atoms with van der Waals surface area (Å²) >= 11 is 5.91. The van der Waals surface area contributed by atoms with E-state index in [4.69, 9.17) is 16.9 Å². The molecule has 1 heterocycles. The minimum absolute atomic E-state index is 0.0159. The van der Waals surface area contributed by atoms with Crippen molar-refractivity contribution in [3.63, 3.8) is 0 Å². The first-order valence-corrected chi connectivity index (χ1v) is 7.85. The summed E-state index contributed by atoms with van der Waals surface area (Å²) in [5, 5.41) is 9.67. The molecule has 3 rings (SSSR count). The van der Waals surface area contributed by atoms with Crippen molar-refractivity contribution in [1.29, 1.82) is 5.26 Å². The Hall–Kier alpha value is -2.51. The molecule has 4 nitrogen and oxygen atoms in total. The van der Waals surface area contributed by atoms with Crippen LogP contribution in [0.15, 0.2) is 48.5 Å². The van der Waals surface area contributed by atoms with E-state index in [2.05, 4.69) is 11.0 Å². The third-order valence-electron chi connectivity index (χ3n) is 4.00. The molecular weight excluding hydrogens is 310 g/mol. The number of piperazine rings is 1. The Kier molecular flexibility index (Phi) is 4.50. The number of amides is 1. The number of carbonyl (C=O) groups is 1. The Morgan fingerprint density at radius 2 is 1.74 bits per heavy atom. The molecule has 2 aromatic carbocycles. The minimum Gasteiger partial charge on any atom is -0.368 e. The Labute approximate surface area is 140 Å². The standard InChI is InChI=1S/C18H16ClN3O/c19-16-4-6-17(7-5-16)21-8-10-22(11-9-21)18(23)15-3-1-2-14(12-15)13-20/h1-7,12H,8-11H2. The average molecular weight is 326 g/mol. The molecule has 0 radical (unpaired) electrons. The predicted molar refractivity (Wildman–Crippen MR) is 90.7 cm³/mol. The molecule has 0 unspecified atom stereocenters. The van der Waals surface area contributed by atoms with Gasteiger partial charge in [-0.15, -0.1) is 0 Å². The highest BCUT2D eigenvalue weighted by Crippen LogP contribution is 2.20. The molecule has 1 saturated heterocycles. The zero-order chi connectivity index (χ0) is 16.2. The van der Waals surface area contributed by atoms with Gasteiger partial charge in [0.15, 0.2) is 0 Å². The number of carbonyl (C=O) groups excluding carboxylic acids is 1. The second-order valence-electron chi connectivity index (χ2n) is 5.45. The van der Waals surface area contributed by atoms with E-state index >= 15 is 0 Å². The van der Waals surface area contributed by atoms with Crippen LogP contribution in [0, 0.1) is 11.3 Å². The maximum Gasteiger partial charge on any atom is 0.254 e. The van der Waals surface area contributed by atoms with Crippen LogP contribution < -0.4 is 4.90 Å². The number of hydrogen-bond donors (Lipinski definition) is 0. The van der Waals surface area contributed by atoms with Crippen LogP contribution in [0.2, 0.25) is 5.02 Å². The quantitative estimate of drug-likeness (QED) is 0.852. The molecule has 0 N–H and O–H groups in total. The molecule has 2 aromatic rings. The topological polar surface area (TPSA) is 47.3 Å². The zero-order valence-electron chi connectivity index (χ0n) is 12.6. The van der Waals surface area contributed by atoms with Gasteiger partial charge >= 0.3 is 0 Å². The van der Waals surface area contributed by atoms with Gasteiger partial charge in [-0.25, -0.2) is 0 Å². The first-order valence-electron chi connectivity index (χ1n) is 7.47. The van der Waals surface area contributed by atoms with Crippen molar-refractivity contribution < 1.29 is 4.79 Å². The van der Waals surface area contributed by atoms with Gasteiger partial charge in [0.25, 0.3) is 5.91 Å². The van der Waals surface area contributed by atoms with Gasteiger partial charge in [0.05, 0.1) is 11.6 Å². The number of anilines is 1. The van der Waals surface area contributed by atoms with Crippen LogP contribution in [0.25, 0.3) is 0 Å². The minimum atomic E-state index is -0.0159. The number of hydrogen-bond acceptors (Lipinski definition) is 3. The van der Waals surface area contributed by atoms with Gasteiger partial charge in [0, 0.05) is 42.5 Å². The van der Waals surface area contributed by atoms with E-state index in [1.165, 1.54) is 0 Å². The summed E-state index contributed by atoms with van der Waals surface area (Å²) in [6.07, 6.45) is 0. The number of halogens is 1. The molecule has 1 fully saturated rings. The molecule has 0 atom stereocenters. The Morgan fingerprint density at radius 1 is 1.04 bits per heavy atom. The SMILES string of the molecule is N#Cc1cccc(C(=O)N2CCN(c3ccc(Cl)cc3)CC2)c1. The van der Waals surface area contributed by atoms with Crippen LogP contribution in [0.3, 0.4) is 0 Å². The zero-order valence-corrected chi connectivity index (χ0v) is 13.3. The van der Waals surface area contributed by atoms with E-state index in [1.54, 1.807) is 24.3 Å². The largest absolute Gasteiger partial charge is 0.368 e. The molecule has 5 heteroatoms. The number of benzene rings is 2. The van der Waals surface area contributed by atoms with Crippen molar-refractivity contribution in [2.75, 3.05) is 31.1 Å². The van der Waals surface area contributed by atoms with Gasteiger partial charge in [0.1, 0.15) is 0 Å².